The number of nitrogens with zero attached hydrogens (tertiary/aromatic N) is 2. The van der Waals surface area contributed by atoms with Crippen molar-refractivity contribution >= 4 is 50.7 Å². The second-order valence-electron chi connectivity index (χ2n) is 9.57. The number of para-hydroxylation sites is 1. The van der Waals surface area contributed by atoms with E-state index in [-0.39, 0.29) is 49.5 Å². The third kappa shape index (κ3) is 8.07. The van der Waals surface area contributed by atoms with Crippen molar-refractivity contribution in [3.05, 3.63) is 63.9 Å². The summed E-state index contributed by atoms with van der Waals surface area (Å²) in [6.07, 6.45) is 5.46. The summed E-state index contributed by atoms with van der Waals surface area (Å²) in [5.41, 5.74) is 0.640. The van der Waals surface area contributed by atoms with Gasteiger partial charge in [-0.05, 0) is 55.5 Å². The lowest BCUT2D eigenvalue weighted by Crippen LogP contribution is -2.51. The van der Waals surface area contributed by atoms with Gasteiger partial charge < -0.3 is 10.2 Å². The normalized spacial score (nSPS) is 14.8. The Morgan fingerprint density at radius 3 is 2.39 bits per heavy atom. The highest BCUT2D eigenvalue weighted by molar-refractivity contribution is 7.92. The summed E-state index contributed by atoms with van der Waals surface area (Å²) in [5, 5.41) is 3.81. The van der Waals surface area contributed by atoms with Crippen LogP contribution in [-0.2, 0) is 26.2 Å². The summed E-state index contributed by atoms with van der Waals surface area (Å²) in [5.74, 6) is -1.19. The minimum absolute atomic E-state index is 0.0327. The van der Waals surface area contributed by atoms with Gasteiger partial charge in [-0.25, -0.2) is 12.8 Å². The number of hydrogen-bond donors (Lipinski definition) is 1. The third-order valence-electron chi connectivity index (χ3n) is 6.70. The molecule has 0 aromatic heterocycles. The average molecular weight is 587 g/mol. The molecule has 2 amide bonds. The van der Waals surface area contributed by atoms with Crippen LogP contribution in [0.2, 0.25) is 10.0 Å². The van der Waals surface area contributed by atoms with Crippen LogP contribution in [0.4, 0.5) is 10.1 Å². The van der Waals surface area contributed by atoms with E-state index in [1.807, 2.05) is 6.92 Å². The third-order valence-corrected chi connectivity index (χ3v) is 8.62. The molecule has 1 fully saturated rings. The van der Waals surface area contributed by atoms with Crippen molar-refractivity contribution in [1.29, 1.82) is 0 Å². The van der Waals surface area contributed by atoms with Crippen LogP contribution in [0.25, 0.3) is 0 Å². The zero-order chi connectivity index (χ0) is 27.9. The number of amides is 2. The number of hydrogen-bond acceptors (Lipinski definition) is 4. The Labute approximate surface area is 234 Å². The number of benzene rings is 2. The number of nitrogens with one attached hydrogen (secondary N) is 1. The number of halogens is 3. The van der Waals surface area contributed by atoms with Crippen molar-refractivity contribution in [3.8, 4) is 0 Å². The Kier molecular flexibility index (Phi) is 10.8. The van der Waals surface area contributed by atoms with Crippen LogP contribution in [0.5, 0.6) is 0 Å². The lowest BCUT2D eigenvalue weighted by Gasteiger charge is -2.32. The van der Waals surface area contributed by atoms with Gasteiger partial charge in [-0.15, -0.1) is 0 Å². The Balaban J connectivity index is 1.78. The van der Waals surface area contributed by atoms with Crippen molar-refractivity contribution in [1.82, 2.24) is 10.2 Å². The monoisotopic (exact) mass is 585 g/mol. The van der Waals surface area contributed by atoms with Crippen LogP contribution in [0.1, 0.15) is 57.4 Å². The summed E-state index contributed by atoms with van der Waals surface area (Å²) >= 11 is 12.2. The van der Waals surface area contributed by atoms with Gasteiger partial charge in [0.05, 0.1) is 22.0 Å². The fourth-order valence-corrected chi connectivity index (χ4v) is 6.04. The van der Waals surface area contributed by atoms with Gasteiger partial charge in [0.1, 0.15) is 11.9 Å². The highest BCUT2D eigenvalue weighted by atomic mass is 35.5. The molecule has 3 rings (SSSR count). The molecule has 1 N–H and O–H groups in total. The lowest BCUT2D eigenvalue weighted by molar-refractivity contribution is -0.141. The first kappa shape index (κ1) is 30.2. The number of anilines is 1. The van der Waals surface area contributed by atoms with E-state index in [2.05, 4.69) is 5.32 Å². The molecule has 7 nitrogen and oxygen atoms in total. The largest absolute Gasteiger partial charge is 0.352 e. The zero-order valence-corrected chi connectivity index (χ0v) is 24.0. The first-order chi connectivity index (χ1) is 18.0. The van der Waals surface area contributed by atoms with Crippen LogP contribution >= 0.6 is 23.2 Å². The first-order valence-electron chi connectivity index (χ1n) is 12.8. The van der Waals surface area contributed by atoms with Gasteiger partial charge in [-0.2, -0.15) is 0 Å². The minimum atomic E-state index is -3.79. The van der Waals surface area contributed by atoms with Crippen molar-refractivity contribution in [2.45, 2.75) is 70.5 Å². The molecule has 208 valence electrons. The maximum atomic E-state index is 14.3. The molecule has 0 saturated heterocycles. The molecule has 0 radical (unpaired) electrons. The van der Waals surface area contributed by atoms with E-state index in [9.17, 15) is 22.4 Å². The van der Waals surface area contributed by atoms with E-state index in [0.717, 1.165) is 36.2 Å². The Hall–Kier alpha value is -2.36. The van der Waals surface area contributed by atoms with E-state index >= 15 is 0 Å². The molecular weight excluding hydrogens is 552 g/mol. The molecule has 11 heteroatoms. The second kappa shape index (κ2) is 13.6. The molecule has 1 aliphatic carbocycles. The molecule has 1 atom stereocenters. The van der Waals surface area contributed by atoms with Gasteiger partial charge in [-0.3, -0.25) is 13.9 Å². The molecule has 38 heavy (non-hydrogen) atoms. The van der Waals surface area contributed by atoms with Crippen LogP contribution in [-0.4, -0.2) is 50.0 Å². The van der Waals surface area contributed by atoms with E-state index < -0.39 is 21.9 Å². The Morgan fingerprint density at radius 1 is 1.11 bits per heavy atom. The summed E-state index contributed by atoms with van der Waals surface area (Å²) in [7, 11) is -3.79. The van der Waals surface area contributed by atoms with E-state index in [4.69, 9.17) is 23.2 Å². The predicted molar refractivity (Wildman–Crippen MR) is 149 cm³/mol. The van der Waals surface area contributed by atoms with Crippen LogP contribution in [0.3, 0.4) is 0 Å². The van der Waals surface area contributed by atoms with E-state index in [1.165, 1.54) is 23.1 Å². The fraction of sp³-hybridized carbons (Fsp3) is 0.481. The minimum Gasteiger partial charge on any atom is -0.352 e. The number of carbonyl (C=O) groups excluding carboxylic acids is 2. The zero-order valence-electron chi connectivity index (χ0n) is 21.6. The maximum absolute atomic E-state index is 14.3. The fourth-order valence-electron chi connectivity index (χ4n) is 4.76. The van der Waals surface area contributed by atoms with Crippen LogP contribution < -0.4 is 9.62 Å². The highest BCUT2D eigenvalue weighted by Crippen LogP contribution is 2.26. The Morgan fingerprint density at radius 2 is 1.79 bits per heavy atom. The standard InChI is InChI=1S/C27H34Cl2FN3O4S/c1-3-24(27(35)31-20-9-4-5-10-20)32(18-19-14-15-21(28)22(29)17-19)26(34)13-8-16-33(38(2,36)37)25-12-7-6-11-23(25)30/h6-7,11-12,14-15,17,20,24H,3-5,8-10,13,16,18H2,1-2H3,(H,31,35). The molecule has 1 saturated carbocycles. The number of rotatable bonds is 12. The molecule has 2 aromatic rings. The summed E-state index contributed by atoms with van der Waals surface area (Å²) in [6, 6.07) is 10.0. The van der Waals surface area contributed by atoms with Crippen molar-refractivity contribution in [3.63, 3.8) is 0 Å². The molecule has 1 unspecified atom stereocenters. The maximum Gasteiger partial charge on any atom is 0.243 e. The predicted octanol–water partition coefficient (Wildman–Crippen LogP) is 5.54. The van der Waals surface area contributed by atoms with E-state index in [1.54, 1.807) is 24.3 Å². The lowest BCUT2D eigenvalue weighted by atomic mass is 10.1. The molecule has 1 aliphatic rings. The average Bonchev–Trinajstić information content (AvgIpc) is 3.36. The summed E-state index contributed by atoms with van der Waals surface area (Å²) in [4.78, 5) is 28.3. The quantitative estimate of drug-likeness (QED) is 0.354. The van der Waals surface area contributed by atoms with Crippen LogP contribution in [0.15, 0.2) is 42.5 Å². The first-order valence-corrected chi connectivity index (χ1v) is 15.4. The summed E-state index contributed by atoms with van der Waals surface area (Å²) in [6.45, 7) is 1.89. The summed E-state index contributed by atoms with van der Waals surface area (Å²) < 4.78 is 40.1. The number of carbonyl (C=O) groups is 2. The van der Waals surface area contributed by atoms with Gasteiger partial charge in [0, 0.05) is 25.6 Å². The van der Waals surface area contributed by atoms with Crippen LogP contribution in [0, 0.1) is 5.82 Å². The molecular formula is C27H34Cl2FN3O4S. The number of sulfonamides is 1. The Bertz CT molecular complexity index is 1240. The van der Waals surface area contributed by atoms with Gasteiger partial charge in [0.25, 0.3) is 0 Å². The van der Waals surface area contributed by atoms with Gasteiger partial charge in [0.15, 0.2) is 0 Å². The van der Waals surface area contributed by atoms with Crippen molar-refractivity contribution < 1.29 is 22.4 Å². The van der Waals surface area contributed by atoms with Gasteiger partial charge >= 0.3 is 0 Å². The second-order valence-corrected chi connectivity index (χ2v) is 12.3. The van der Waals surface area contributed by atoms with Crippen molar-refractivity contribution in [2.24, 2.45) is 0 Å². The molecule has 2 aromatic carbocycles. The SMILES string of the molecule is CCC(C(=O)NC1CCCC1)N(Cc1ccc(Cl)c(Cl)c1)C(=O)CCCN(c1ccccc1F)S(C)(=O)=O. The smallest absolute Gasteiger partial charge is 0.243 e. The molecule has 0 bridgehead atoms. The molecule has 0 spiro atoms. The van der Waals surface area contributed by atoms with Gasteiger partial charge in [-0.1, -0.05) is 61.2 Å². The van der Waals surface area contributed by atoms with E-state index in [0.29, 0.717) is 22.0 Å². The van der Waals surface area contributed by atoms with Gasteiger partial charge in [0.2, 0.25) is 21.8 Å². The topological polar surface area (TPSA) is 86.8 Å². The molecule has 0 heterocycles. The highest BCUT2D eigenvalue weighted by Gasteiger charge is 2.31. The van der Waals surface area contributed by atoms with Crippen molar-refractivity contribution in [2.75, 3.05) is 17.1 Å². The molecule has 0 aliphatic heterocycles.